The maximum absolute atomic E-state index is 12.5. The largest absolute Gasteiger partial charge is 0.493 e. The van der Waals surface area contributed by atoms with E-state index in [0.29, 0.717) is 6.42 Å². The van der Waals surface area contributed by atoms with Gasteiger partial charge in [0, 0.05) is 51.4 Å². The van der Waals surface area contributed by atoms with Crippen LogP contribution in [0.25, 0.3) is 0 Å². The monoisotopic (exact) mass is 316 g/mol. The first-order valence-corrected chi connectivity index (χ1v) is 7.92. The van der Waals surface area contributed by atoms with Crippen molar-refractivity contribution in [2.75, 3.05) is 41.4 Å². The van der Waals surface area contributed by atoms with E-state index in [2.05, 4.69) is 11.0 Å². The van der Waals surface area contributed by atoms with Crippen LogP contribution in [0, 0.1) is 0 Å². The molecule has 2 aliphatic rings. The van der Waals surface area contributed by atoms with Gasteiger partial charge in [-0.1, -0.05) is 0 Å². The van der Waals surface area contributed by atoms with Crippen molar-refractivity contribution >= 4 is 5.78 Å². The average molecular weight is 316 g/mol. The zero-order valence-electron chi connectivity index (χ0n) is 14.3. The summed E-state index contributed by atoms with van der Waals surface area (Å²) in [6.45, 7) is 1.68. The zero-order chi connectivity index (χ0) is 16.6. The first-order valence-electron chi connectivity index (χ1n) is 7.92. The number of carbonyl (C=O) groups is 1. The van der Waals surface area contributed by atoms with Gasteiger partial charge in [0.15, 0.2) is 17.3 Å². The molecule has 0 N–H and O–H groups in total. The molecule has 1 unspecified atom stereocenters. The maximum Gasteiger partial charge on any atom is 0.163 e. The lowest BCUT2D eigenvalue weighted by molar-refractivity contribution is -0.119. The zero-order valence-corrected chi connectivity index (χ0v) is 14.3. The number of hydrogen-bond donors (Lipinski definition) is 0. The number of fused-ring (bicyclic) bond motifs is 3. The quantitative estimate of drug-likeness (QED) is 0.798. The van der Waals surface area contributed by atoms with Crippen molar-refractivity contribution < 1.29 is 14.3 Å². The molecule has 0 aromatic heterocycles. The fraction of sp³-hybridized carbons (Fsp3) is 0.500. The molecule has 3 rings (SSSR count). The summed E-state index contributed by atoms with van der Waals surface area (Å²) < 4.78 is 10.8. The molecule has 1 saturated heterocycles. The van der Waals surface area contributed by atoms with E-state index in [0.717, 1.165) is 36.6 Å². The van der Waals surface area contributed by atoms with Crippen LogP contribution in [0.1, 0.15) is 23.6 Å². The van der Waals surface area contributed by atoms with Crippen molar-refractivity contribution in [2.45, 2.75) is 18.9 Å². The normalized spacial score (nSPS) is 22.5. The van der Waals surface area contributed by atoms with Crippen molar-refractivity contribution in [3.8, 4) is 11.5 Å². The van der Waals surface area contributed by atoms with Crippen molar-refractivity contribution in [1.82, 2.24) is 9.80 Å². The van der Waals surface area contributed by atoms with Gasteiger partial charge in [0.25, 0.3) is 0 Å². The smallest absolute Gasteiger partial charge is 0.163 e. The molecule has 0 spiro atoms. The van der Waals surface area contributed by atoms with E-state index in [9.17, 15) is 4.79 Å². The molecule has 5 nitrogen and oxygen atoms in total. The number of piperidine rings is 1. The lowest BCUT2D eigenvalue weighted by Gasteiger charge is -2.41. The summed E-state index contributed by atoms with van der Waals surface area (Å²) in [5, 5.41) is 0. The van der Waals surface area contributed by atoms with Gasteiger partial charge in [-0.05, 0) is 29.7 Å². The molecule has 0 amide bonds. The minimum Gasteiger partial charge on any atom is -0.493 e. The predicted molar refractivity (Wildman–Crippen MR) is 89.0 cm³/mol. The van der Waals surface area contributed by atoms with Crippen LogP contribution < -0.4 is 9.47 Å². The average Bonchev–Trinajstić information content (AvgIpc) is 2.53. The van der Waals surface area contributed by atoms with E-state index in [-0.39, 0.29) is 11.8 Å². The van der Waals surface area contributed by atoms with Crippen LogP contribution in [-0.2, 0) is 11.2 Å². The van der Waals surface area contributed by atoms with E-state index in [1.807, 2.05) is 31.3 Å². The number of carbonyl (C=O) groups excluding carboxylic acids is 1. The second-order valence-electron chi connectivity index (χ2n) is 6.39. The fourth-order valence-electron chi connectivity index (χ4n) is 3.55. The molecule has 124 valence electrons. The van der Waals surface area contributed by atoms with Crippen molar-refractivity contribution in [3.05, 3.63) is 35.0 Å². The van der Waals surface area contributed by atoms with Crippen LogP contribution in [0.2, 0.25) is 0 Å². The Bertz CT molecular complexity index is 652. The highest BCUT2D eigenvalue weighted by atomic mass is 16.5. The van der Waals surface area contributed by atoms with Crippen LogP contribution in [0.3, 0.4) is 0 Å². The lowest BCUT2D eigenvalue weighted by Crippen LogP contribution is -2.43. The third kappa shape index (κ3) is 2.93. The molecule has 0 bridgehead atoms. The Morgan fingerprint density at radius 3 is 2.57 bits per heavy atom. The number of ether oxygens (including phenoxy) is 2. The topological polar surface area (TPSA) is 42.0 Å². The first kappa shape index (κ1) is 15.9. The van der Waals surface area contributed by atoms with Crippen LogP contribution in [0.4, 0.5) is 0 Å². The lowest BCUT2D eigenvalue weighted by atomic mass is 9.84. The van der Waals surface area contributed by atoms with Gasteiger partial charge in [-0.3, -0.25) is 9.69 Å². The highest BCUT2D eigenvalue weighted by Gasteiger charge is 2.36. The van der Waals surface area contributed by atoms with E-state index in [1.165, 1.54) is 11.1 Å². The molecule has 2 heterocycles. The van der Waals surface area contributed by atoms with Crippen LogP contribution in [0.15, 0.2) is 23.9 Å². The van der Waals surface area contributed by atoms with Gasteiger partial charge in [-0.2, -0.15) is 0 Å². The summed E-state index contributed by atoms with van der Waals surface area (Å²) >= 11 is 0. The molecule has 1 aromatic rings. The molecule has 5 heteroatoms. The molecule has 1 atom stereocenters. The van der Waals surface area contributed by atoms with E-state index in [1.54, 1.807) is 14.2 Å². The molecule has 1 fully saturated rings. The van der Waals surface area contributed by atoms with Gasteiger partial charge >= 0.3 is 0 Å². The van der Waals surface area contributed by atoms with Crippen LogP contribution >= 0.6 is 0 Å². The molecule has 23 heavy (non-hydrogen) atoms. The number of Topliss-reactive ketones (excluding diaryl/α,β-unsaturated/α-hetero) is 1. The highest BCUT2D eigenvalue weighted by Crippen LogP contribution is 2.41. The third-order valence-electron chi connectivity index (χ3n) is 4.64. The second kappa shape index (κ2) is 6.24. The van der Waals surface area contributed by atoms with Gasteiger partial charge in [0.05, 0.1) is 14.2 Å². The van der Waals surface area contributed by atoms with Crippen molar-refractivity contribution in [2.24, 2.45) is 0 Å². The van der Waals surface area contributed by atoms with Crippen LogP contribution in [0.5, 0.6) is 11.5 Å². The van der Waals surface area contributed by atoms with E-state index >= 15 is 0 Å². The Hall–Kier alpha value is -2.01. The van der Waals surface area contributed by atoms with Gasteiger partial charge in [-0.25, -0.2) is 0 Å². The molecule has 0 aliphatic carbocycles. The Balaban J connectivity index is 1.95. The number of rotatable bonds is 3. The molecule has 0 radical (unpaired) electrons. The first-order chi connectivity index (χ1) is 11.0. The Kier molecular flexibility index (Phi) is 4.31. The Morgan fingerprint density at radius 2 is 1.91 bits per heavy atom. The molecule has 2 aliphatic heterocycles. The third-order valence-corrected chi connectivity index (χ3v) is 4.64. The fourth-order valence-corrected chi connectivity index (χ4v) is 3.55. The number of hydrogen-bond acceptors (Lipinski definition) is 5. The second-order valence-corrected chi connectivity index (χ2v) is 6.39. The van der Waals surface area contributed by atoms with Gasteiger partial charge in [0.2, 0.25) is 0 Å². The highest BCUT2D eigenvalue weighted by molar-refractivity contribution is 5.97. The predicted octanol–water partition coefficient (Wildman–Crippen LogP) is 2.02. The number of methoxy groups -OCH3 is 2. The van der Waals surface area contributed by atoms with Crippen molar-refractivity contribution in [3.63, 3.8) is 0 Å². The number of nitrogens with zero attached hydrogens (tertiary/aromatic N) is 2. The summed E-state index contributed by atoms with van der Waals surface area (Å²) in [5.41, 5.74) is 3.36. The van der Waals surface area contributed by atoms with Gasteiger partial charge < -0.3 is 14.4 Å². The molecule has 0 saturated carbocycles. The standard InChI is InChI=1S/C18H24N2O3/c1-19(2)10-13-11-20-6-5-12-7-17(22-3)18(23-4)8-14(12)15(20)9-16(13)21/h7-8,10,15H,5-6,9,11H2,1-4H3/b13-10-. The summed E-state index contributed by atoms with van der Waals surface area (Å²) in [6.07, 6.45) is 3.44. The van der Waals surface area contributed by atoms with Crippen LogP contribution in [-0.4, -0.2) is 57.0 Å². The molecule has 1 aromatic carbocycles. The molecular weight excluding hydrogens is 292 g/mol. The minimum atomic E-state index is 0.144. The number of ketones is 1. The Labute approximate surface area is 137 Å². The summed E-state index contributed by atoms with van der Waals surface area (Å²) in [6, 6.07) is 4.24. The van der Waals surface area contributed by atoms with Gasteiger partial charge in [0.1, 0.15) is 0 Å². The van der Waals surface area contributed by atoms with E-state index in [4.69, 9.17) is 9.47 Å². The molecular formula is C18H24N2O3. The minimum absolute atomic E-state index is 0.144. The van der Waals surface area contributed by atoms with Crippen molar-refractivity contribution in [1.29, 1.82) is 0 Å². The Morgan fingerprint density at radius 1 is 1.22 bits per heavy atom. The number of benzene rings is 1. The SMILES string of the molecule is COc1cc2c(cc1OC)C1CC(=O)/C(=C\N(C)C)CN1CC2. The summed E-state index contributed by atoms with van der Waals surface area (Å²) in [4.78, 5) is 16.8. The van der Waals surface area contributed by atoms with Gasteiger partial charge in [-0.15, -0.1) is 0 Å². The maximum atomic E-state index is 12.5. The van der Waals surface area contributed by atoms with E-state index < -0.39 is 0 Å². The summed E-state index contributed by atoms with van der Waals surface area (Å²) in [5.74, 6) is 1.73. The summed E-state index contributed by atoms with van der Waals surface area (Å²) in [7, 11) is 7.21.